The molecule has 1 aromatic carbocycles. The van der Waals surface area contributed by atoms with Gasteiger partial charge >= 0.3 is 0 Å². The maximum absolute atomic E-state index is 12.5. The van der Waals surface area contributed by atoms with Gasteiger partial charge in [-0.25, -0.2) is 0 Å². The molecule has 104 valence electrons. The standard InChI is InChI=1S/C15H21ClN2O/c1-3-18(10-12-4-6-14(16)7-5-12)15(19)11(2)13-8-17-9-13/h4-7,11,13,17H,3,8-10H2,1-2H3. The minimum Gasteiger partial charge on any atom is -0.338 e. The summed E-state index contributed by atoms with van der Waals surface area (Å²) < 4.78 is 0. The monoisotopic (exact) mass is 280 g/mol. The van der Waals surface area contributed by atoms with Crippen LogP contribution in [0.1, 0.15) is 19.4 Å². The SMILES string of the molecule is CCN(Cc1ccc(Cl)cc1)C(=O)C(C)C1CNC1. The van der Waals surface area contributed by atoms with Crippen LogP contribution < -0.4 is 5.32 Å². The lowest BCUT2D eigenvalue weighted by Crippen LogP contribution is -2.50. The molecule has 4 heteroatoms. The first-order chi connectivity index (χ1) is 9.11. The largest absolute Gasteiger partial charge is 0.338 e. The highest BCUT2D eigenvalue weighted by Crippen LogP contribution is 2.20. The molecule has 1 saturated heterocycles. The fourth-order valence-corrected chi connectivity index (χ4v) is 2.44. The predicted octanol–water partition coefficient (Wildman–Crippen LogP) is 2.54. The van der Waals surface area contributed by atoms with E-state index in [9.17, 15) is 4.79 Å². The number of rotatable bonds is 5. The van der Waals surface area contributed by atoms with Gasteiger partial charge in [-0.3, -0.25) is 4.79 Å². The van der Waals surface area contributed by atoms with Crippen LogP contribution in [0.5, 0.6) is 0 Å². The van der Waals surface area contributed by atoms with Gasteiger partial charge < -0.3 is 10.2 Å². The summed E-state index contributed by atoms with van der Waals surface area (Å²) in [5.41, 5.74) is 1.12. The first-order valence-corrected chi connectivity index (χ1v) is 7.23. The number of halogens is 1. The van der Waals surface area contributed by atoms with Crippen LogP contribution in [0.4, 0.5) is 0 Å². The molecule has 2 rings (SSSR count). The average Bonchev–Trinajstić information content (AvgIpc) is 2.35. The van der Waals surface area contributed by atoms with E-state index in [1.807, 2.05) is 43.0 Å². The zero-order valence-electron chi connectivity index (χ0n) is 11.5. The summed E-state index contributed by atoms with van der Waals surface area (Å²) in [7, 11) is 0. The molecule has 19 heavy (non-hydrogen) atoms. The van der Waals surface area contributed by atoms with E-state index < -0.39 is 0 Å². The van der Waals surface area contributed by atoms with Gasteiger partial charge in [-0.05, 0) is 43.6 Å². The number of nitrogens with one attached hydrogen (secondary N) is 1. The van der Waals surface area contributed by atoms with Crippen molar-refractivity contribution in [3.8, 4) is 0 Å². The second-order valence-electron chi connectivity index (χ2n) is 5.19. The number of benzene rings is 1. The molecule has 1 atom stereocenters. The Morgan fingerprint density at radius 1 is 1.42 bits per heavy atom. The summed E-state index contributed by atoms with van der Waals surface area (Å²) in [5.74, 6) is 0.851. The van der Waals surface area contributed by atoms with Crippen molar-refractivity contribution < 1.29 is 4.79 Å². The fraction of sp³-hybridized carbons (Fsp3) is 0.533. The molecule has 1 heterocycles. The lowest BCUT2D eigenvalue weighted by molar-refractivity contribution is -0.137. The third-order valence-electron chi connectivity index (χ3n) is 3.89. The highest BCUT2D eigenvalue weighted by Gasteiger charge is 2.31. The Bertz CT molecular complexity index is 428. The summed E-state index contributed by atoms with van der Waals surface area (Å²) in [5, 5.41) is 3.95. The molecule has 1 N–H and O–H groups in total. The van der Waals surface area contributed by atoms with Gasteiger partial charge in [-0.2, -0.15) is 0 Å². The second kappa shape index (κ2) is 6.40. The van der Waals surface area contributed by atoms with E-state index in [4.69, 9.17) is 11.6 Å². The zero-order chi connectivity index (χ0) is 13.8. The van der Waals surface area contributed by atoms with Crippen molar-refractivity contribution in [2.45, 2.75) is 20.4 Å². The molecule has 0 bridgehead atoms. The van der Waals surface area contributed by atoms with E-state index >= 15 is 0 Å². The molecular formula is C15H21ClN2O. The van der Waals surface area contributed by atoms with Crippen molar-refractivity contribution in [1.29, 1.82) is 0 Å². The van der Waals surface area contributed by atoms with Crippen LogP contribution in [-0.2, 0) is 11.3 Å². The molecule has 3 nitrogen and oxygen atoms in total. The highest BCUT2D eigenvalue weighted by atomic mass is 35.5. The minimum absolute atomic E-state index is 0.105. The maximum Gasteiger partial charge on any atom is 0.226 e. The quantitative estimate of drug-likeness (QED) is 0.899. The number of carbonyl (C=O) groups excluding carboxylic acids is 1. The van der Waals surface area contributed by atoms with E-state index in [-0.39, 0.29) is 11.8 Å². The molecule has 0 aliphatic carbocycles. The van der Waals surface area contributed by atoms with Crippen molar-refractivity contribution in [3.63, 3.8) is 0 Å². The molecule has 0 aromatic heterocycles. The van der Waals surface area contributed by atoms with Crippen LogP contribution in [0, 0.1) is 11.8 Å². The molecule has 0 saturated carbocycles. The Labute approximate surface area is 119 Å². The fourth-order valence-electron chi connectivity index (χ4n) is 2.31. The first kappa shape index (κ1) is 14.4. The van der Waals surface area contributed by atoms with Gasteiger partial charge in [-0.1, -0.05) is 30.7 Å². The number of hydrogen-bond donors (Lipinski definition) is 1. The van der Waals surface area contributed by atoms with Gasteiger partial charge in [0.15, 0.2) is 0 Å². The van der Waals surface area contributed by atoms with Crippen LogP contribution in [0.3, 0.4) is 0 Å². The Morgan fingerprint density at radius 3 is 2.53 bits per heavy atom. The van der Waals surface area contributed by atoms with Crippen LogP contribution in [0.2, 0.25) is 5.02 Å². The number of amides is 1. The van der Waals surface area contributed by atoms with Crippen LogP contribution in [0.25, 0.3) is 0 Å². The summed E-state index contributed by atoms with van der Waals surface area (Å²) in [6, 6.07) is 7.70. The topological polar surface area (TPSA) is 32.3 Å². The van der Waals surface area contributed by atoms with Crippen molar-refractivity contribution in [3.05, 3.63) is 34.9 Å². The molecule has 1 unspecified atom stereocenters. The smallest absolute Gasteiger partial charge is 0.226 e. The third-order valence-corrected chi connectivity index (χ3v) is 4.14. The summed E-state index contributed by atoms with van der Waals surface area (Å²) in [6.45, 7) is 7.40. The number of hydrogen-bond acceptors (Lipinski definition) is 2. The lowest BCUT2D eigenvalue weighted by Gasteiger charge is -2.34. The first-order valence-electron chi connectivity index (χ1n) is 6.85. The van der Waals surface area contributed by atoms with E-state index in [1.165, 1.54) is 0 Å². The molecule has 1 aliphatic rings. The summed E-state index contributed by atoms with van der Waals surface area (Å²) in [4.78, 5) is 14.4. The van der Waals surface area contributed by atoms with Gasteiger partial charge in [0.2, 0.25) is 5.91 Å². The normalized spacial score (nSPS) is 16.8. The van der Waals surface area contributed by atoms with Crippen LogP contribution in [-0.4, -0.2) is 30.4 Å². The molecular weight excluding hydrogens is 260 g/mol. The van der Waals surface area contributed by atoms with Crippen molar-refractivity contribution in [1.82, 2.24) is 10.2 Å². The molecule has 1 aromatic rings. The molecule has 1 amide bonds. The van der Waals surface area contributed by atoms with Crippen molar-refractivity contribution in [2.75, 3.05) is 19.6 Å². The lowest BCUT2D eigenvalue weighted by atomic mass is 9.88. The van der Waals surface area contributed by atoms with Crippen molar-refractivity contribution in [2.24, 2.45) is 11.8 Å². The third kappa shape index (κ3) is 3.48. The Balaban J connectivity index is 1.98. The van der Waals surface area contributed by atoms with Gasteiger partial charge in [0.1, 0.15) is 0 Å². The van der Waals surface area contributed by atoms with Gasteiger partial charge in [0.25, 0.3) is 0 Å². The van der Waals surface area contributed by atoms with E-state index in [0.717, 1.165) is 30.2 Å². The van der Waals surface area contributed by atoms with Gasteiger partial charge in [0, 0.05) is 24.0 Å². The number of nitrogens with zero attached hydrogens (tertiary/aromatic N) is 1. The highest BCUT2D eigenvalue weighted by molar-refractivity contribution is 6.30. The maximum atomic E-state index is 12.5. The van der Waals surface area contributed by atoms with Gasteiger partial charge in [0.05, 0.1) is 0 Å². The Kier molecular flexibility index (Phi) is 4.83. The summed E-state index contributed by atoms with van der Waals surface area (Å²) >= 11 is 5.88. The molecule has 1 fully saturated rings. The Morgan fingerprint density at radius 2 is 2.05 bits per heavy atom. The molecule has 1 aliphatic heterocycles. The van der Waals surface area contributed by atoms with Gasteiger partial charge in [-0.15, -0.1) is 0 Å². The van der Waals surface area contributed by atoms with E-state index in [1.54, 1.807) is 0 Å². The molecule has 0 radical (unpaired) electrons. The van der Waals surface area contributed by atoms with E-state index in [2.05, 4.69) is 5.32 Å². The molecule has 0 spiro atoms. The van der Waals surface area contributed by atoms with Crippen molar-refractivity contribution >= 4 is 17.5 Å². The second-order valence-corrected chi connectivity index (χ2v) is 5.62. The van der Waals surface area contributed by atoms with Crippen LogP contribution >= 0.6 is 11.6 Å². The summed E-state index contributed by atoms with van der Waals surface area (Å²) in [6.07, 6.45) is 0. The van der Waals surface area contributed by atoms with Crippen LogP contribution in [0.15, 0.2) is 24.3 Å². The predicted molar refractivity (Wildman–Crippen MR) is 78.1 cm³/mol. The average molecular weight is 281 g/mol. The zero-order valence-corrected chi connectivity index (χ0v) is 12.3. The minimum atomic E-state index is 0.105. The number of carbonyl (C=O) groups is 1. The van der Waals surface area contributed by atoms with E-state index in [0.29, 0.717) is 12.5 Å². The Hall–Kier alpha value is -1.06.